The molecule has 0 aromatic heterocycles. The molecular weight excluding hydrogens is 301 g/mol. The van der Waals surface area contributed by atoms with Crippen LogP contribution in [0.15, 0.2) is 23.1 Å². The fourth-order valence-corrected chi connectivity index (χ4v) is 4.05. The molecule has 1 unspecified atom stereocenters. The molecule has 2 rings (SSSR count). The topological polar surface area (TPSA) is 83.9 Å². The summed E-state index contributed by atoms with van der Waals surface area (Å²) in [6.45, 7) is 0.118. The molecule has 21 heavy (non-hydrogen) atoms. The van der Waals surface area contributed by atoms with E-state index in [0.29, 0.717) is 12.8 Å². The van der Waals surface area contributed by atoms with Crippen LogP contribution in [0.1, 0.15) is 19.3 Å². The van der Waals surface area contributed by atoms with E-state index < -0.39 is 27.9 Å². The molecule has 1 N–H and O–H groups in total. The van der Waals surface area contributed by atoms with Gasteiger partial charge in [-0.25, -0.2) is 12.8 Å². The first-order valence-corrected chi connectivity index (χ1v) is 7.90. The van der Waals surface area contributed by atoms with Gasteiger partial charge in [0.1, 0.15) is 6.04 Å². The van der Waals surface area contributed by atoms with Crippen LogP contribution >= 0.6 is 0 Å². The molecule has 0 saturated carbocycles. The molecular formula is C13H16FNO5S. The molecule has 8 heteroatoms. The quantitative estimate of drug-likeness (QED) is 0.909. The lowest BCUT2D eigenvalue weighted by Gasteiger charge is -2.31. The maximum Gasteiger partial charge on any atom is 0.322 e. The van der Waals surface area contributed by atoms with Crippen LogP contribution in [0.5, 0.6) is 5.75 Å². The second-order valence-electron chi connectivity index (χ2n) is 4.76. The molecule has 116 valence electrons. The normalized spacial score (nSPS) is 20.2. The lowest BCUT2D eigenvalue weighted by Crippen LogP contribution is -2.47. The monoisotopic (exact) mass is 317 g/mol. The van der Waals surface area contributed by atoms with Crippen LogP contribution in [0.25, 0.3) is 0 Å². The van der Waals surface area contributed by atoms with Crippen LogP contribution in [-0.2, 0) is 14.8 Å². The number of hydrogen-bond acceptors (Lipinski definition) is 4. The molecule has 1 saturated heterocycles. The summed E-state index contributed by atoms with van der Waals surface area (Å²) in [7, 11) is -2.77. The Bertz CT molecular complexity index is 646. The van der Waals surface area contributed by atoms with Gasteiger partial charge >= 0.3 is 5.97 Å². The number of aliphatic carboxylic acids is 1. The number of ether oxygens (including phenoxy) is 1. The number of sulfonamides is 1. The Hall–Kier alpha value is -1.67. The Kier molecular flexibility index (Phi) is 4.48. The molecule has 0 aliphatic carbocycles. The molecule has 0 spiro atoms. The summed E-state index contributed by atoms with van der Waals surface area (Å²) < 4.78 is 44.4. The first kappa shape index (κ1) is 15.7. The Labute approximate surface area is 122 Å². The average Bonchev–Trinajstić information content (AvgIpc) is 2.47. The molecule has 1 atom stereocenters. The smallest absolute Gasteiger partial charge is 0.322 e. The Balaban J connectivity index is 2.40. The lowest BCUT2D eigenvalue weighted by atomic mass is 10.1. The van der Waals surface area contributed by atoms with Crippen molar-refractivity contribution in [3.8, 4) is 5.75 Å². The Morgan fingerprint density at radius 1 is 1.43 bits per heavy atom. The number of hydrogen-bond donors (Lipinski definition) is 1. The van der Waals surface area contributed by atoms with E-state index in [-0.39, 0.29) is 23.6 Å². The minimum atomic E-state index is -4.05. The number of piperidine rings is 1. The van der Waals surface area contributed by atoms with Crippen molar-refractivity contribution in [3.63, 3.8) is 0 Å². The van der Waals surface area contributed by atoms with Gasteiger partial charge in [-0.15, -0.1) is 0 Å². The summed E-state index contributed by atoms with van der Waals surface area (Å²) in [6.07, 6.45) is 1.49. The fourth-order valence-electron chi connectivity index (χ4n) is 2.38. The maximum absolute atomic E-state index is 13.7. The molecule has 1 aliphatic rings. The summed E-state index contributed by atoms with van der Waals surface area (Å²) >= 11 is 0. The van der Waals surface area contributed by atoms with Gasteiger partial charge in [0.15, 0.2) is 11.6 Å². The highest BCUT2D eigenvalue weighted by Crippen LogP contribution is 2.28. The maximum atomic E-state index is 13.7. The zero-order chi connectivity index (χ0) is 15.6. The van der Waals surface area contributed by atoms with Crippen molar-refractivity contribution < 1.29 is 27.4 Å². The number of nitrogens with zero attached hydrogens (tertiary/aromatic N) is 1. The third kappa shape index (κ3) is 3.01. The molecule has 0 amide bonds. The van der Waals surface area contributed by atoms with Gasteiger partial charge in [0.25, 0.3) is 0 Å². The van der Waals surface area contributed by atoms with Gasteiger partial charge in [-0.1, -0.05) is 0 Å². The predicted molar refractivity (Wildman–Crippen MR) is 72.1 cm³/mol. The van der Waals surface area contributed by atoms with Crippen LogP contribution in [0, 0.1) is 5.82 Å². The minimum absolute atomic E-state index is 0.0672. The van der Waals surface area contributed by atoms with Crippen LogP contribution in [-0.4, -0.2) is 43.5 Å². The summed E-state index contributed by atoms with van der Waals surface area (Å²) in [5, 5.41) is 9.16. The third-order valence-corrected chi connectivity index (χ3v) is 5.37. The van der Waals surface area contributed by atoms with E-state index in [4.69, 9.17) is 9.84 Å². The number of rotatable bonds is 4. The molecule has 1 aromatic rings. The largest absolute Gasteiger partial charge is 0.494 e. The van der Waals surface area contributed by atoms with Crippen molar-refractivity contribution in [2.75, 3.05) is 13.7 Å². The van der Waals surface area contributed by atoms with Crippen molar-refractivity contribution in [2.24, 2.45) is 0 Å². The number of benzene rings is 1. The van der Waals surface area contributed by atoms with Crippen LogP contribution < -0.4 is 4.74 Å². The summed E-state index contributed by atoms with van der Waals surface area (Å²) in [5.74, 6) is -2.06. The Morgan fingerprint density at radius 3 is 2.71 bits per heavy atom. The van der Waals surface area contributed by atoms with Crippen molar-refractivity contribution in [2.45, 2.75) is 30.2 Å². The van der Waals surface area contributed by atoms with E-state index in [2.05, 4.69) is 0 Å². The molecule has 1 heterocycles. The number of halogens is 1. The minimum Gasteiger partial charge on any atom is -0.494 e. The molecule has 1 aromatic carbocycles. The highest BCUT2D eigenvalue weighted by molar-refractivity contribution is 7.89. The van der Waals surface area contributed by atoms with Crippen LogP contribution in [0.2, 0.25) is 0 Å². The zero-order valence-corrected chi connectivity index (χ0v) is 12.3. The second-order valence-corrected chi connectivity index (χ2v) is 6.65. The summed E-state index contributed by atoms with van der Waals surface area (Å²) in [5.41, 5.74) is 0. The fraction of sp³-hybridized carbons (Fsp3) is 0.462. The van der Waals surface area contributed by atoms with E-state index in [1.165, 1.54) is 19.2 Å². The van der Waals surface area contributed by atoms with Crippen LogP contribution in [0.4, 0.5) is 4.39 Å². The molecule has 6 nitrogen and oxygen atoms in total. The van der Waals surface area contributed by atoms with Crippen molar-refractivity contribution in [1.29, 1.82) is 0 Å². The number of carboxylic acids is 1. The lowest BCUT2D eigenvalue weighted by molar-refractivity contribution is -0.142. The first-order chi connectivity index (χ1) is 9.87. The number of carbonyl (C=O) groups is 1. The molecule has 1 fully saturated rings. The van der Waals surface area contributed by atoms with E-state index in [9.17, 15) is 17.6 Å². The summed E-state index contributed by atoms with van der Waals surface area (Å²) in [4.78, 5) is 10.9. The van der Waals surface area contributed by atoms with Crippen molar-refractivity contribution in [1.82, 2.24) is 4.31 Å². The van der Waals surface area contributed by atoms with E-state index in [1.807, 2.05) is 0 Å². The van der Waals surface area contributed by atoms with Gasteiger partial charge in [0.2, 0.25) is 10.0 Å². The second kappa shape index (κ2) is 5.98. The van der Waals surface area contributed by atoms with E-state index in [0.717, 1.165) is 10.4 Å². The van der Waals surface area contributed by atoms with E-state index >= 15 is 0 Å². The Morgan fingerprint density at radius 2 is 2.14 bits per heavy atom. The summed E-state index contributed by atoms with van der Waals surface area (Å²) in [6, 6.07) is 2.17. The SMILES string of the molecule is COc1ccc(S(=O)(=O)N2CCCCC2C(=O)O)cc1F. The molecule has 0 bridgehead atoms. The molecule has 0 radical (unpaired) electrons. The van der Waals surface area contributed by atoms with Gasteiger partial charge in [-0.3, -0.25) is 4.79 Å². The van der Waals surface area contributed by atoms with Crippen LogP contribution in [0.3, 0.4) is 0 Å². The van der Waals surface area contributed by atoms with Gasteiger partial charge in [-0.2, -0.15) is 4.31 Å². The van der Waals surface area contributed by atoms with Gasteiger partial charge in [0, 0.05) is 6.54 Å². The third-order valence-electron chi connectivity index (χ3n) is 3.47. The first-order valence-electron chi connectivity index (χ1n) is 6.46. The van der Waals surface area contributed by atoms with Gasteiger partial charge in [0.05, 0.1) is 12.0 Å². The van der Waals surface area contributed by atoms with Crippen molar-refractivity contribution >= 4 is 16.0 Å². The zero-order valence-electron chi connectivity index (χ0n) is 11.5. The standard InChI is InChI=1S/C13H16FNO5S/c1-20-12-6-5-9(8-10(12)14)21(18,19)15-7-3-2-4-11(15)13(16)17/h5-6,8,11H,2-4,7H2,1H3,(H,16,17). The van der Waals surface area contributed by atoms with Crippen molar-refractivity contribution in [3.05, 3.63) is 24.0 Å². The number of methoxy groups -OCH3 is 1. The average molecular weight is 317 g/mol. The van der Waals surface area contributed by atoms with E-state index in [1.54, 1.807) is 0 Å². The van der Waals surface area contributed by atoms with Gasteiger partial charge < -0.3 is 9.84 Å². The highest BCUT2D eigenvalue weighted by atomic mass is 32.2. The highest BCUT2D eigenvalue weighted by Gasteiger charge is 2.37. The molecule has 1 aliphatic heterocycles. The predicted octanol–water partition coefficient (Wildman–Crippen LogP) is 1.46. The van der Waals surface area contributed by atoms with Gasteiger partial charge in [-0.05, 0) is 37.5 Å². The number of carboxylic acid groups (broad SMARTS) is 1.